The molecule has 158 valence electrons. The highest BCUT2D eigenvalue weighted by Crippen LogP contribution is 2.24. The molecule has 0 saturated carbocycles. The number of nitrogens with one attached hydrogen (secondary N) is 1. The zero-order valence-corrected chi connectivity index (χ0v) is 18.0. The lowest BCUT2D eigenvalue weighted by Gasteiger charge is -2.28. The van der Waals surface area contributed by atoms with Crippen LogP contribution in [0.5, 0.6) is 11.5 Å². The van der Waals surface area contributed by atoms with Crippen molar-refractivity contribution in [2.75, 3.05) is 31.3 Å². The number of nitrogens with zero attached hydrogens (tertiary/aromatic N) is 1. The lowest BCUT2D eigenvalue weighted by atomic mass is 10.1. The molecule has 2 aromatic carbocycles. The number of carbonyl (C=O) groups is 1. The normalized spacial score (nSPS) is 12.1. The van der Waals surface area contributed by atoms with Crippen molar-refractivity contribution in [2.24, 2.45) is 0 Å². The standard InChI is InChI=1S/C21H28N2O5S/c1-16(23(29(4,25)26)18-11-13-19(27-2)14-12-18)21(24)22-15-7-9-17-8-5-6-10-20(17)28-3/h5-6,8,10-14,16H,7,9,15H2,1-4H3,(H,22,24). The van der Waals surface area contributed by atoms with Crippen molar-refractivity contribution in [3.63, 3.8) is 0 Å². The van der Waals surface area contributed by atoms with Crippen molar-refractivity contribution < 1.29 is 22.7 Å². The molecule has 0 bridgehead atoms. The molecular weight excluding hydrogens is 392 g/mol. The zero-order chi connectivity index (χ0) is 21.4. The Balaban J connectivity index is 1.99. The number of amides is 1. The van der Waals surface area contributed by atoms with Crippen molar-refractivity contribution in [1.82, 2.24) is 5.32 Å². The van der Waals surface area contributed by atoms with Crippen LogP contribution in [-0.4, -0.2) is 47.4 Å². The van der Waals surface area contributed by atoms with E-state index in [4.69, 9.17) is 9.47 Å². The summed E-state index contributed by atoms with van der Waals surface area (Å²) >= 11 is 0. The average molecular weight is 421 g/mol. The maximum atomic E-state index is 12.6. The molecule has 2 aromatic rings. The highest BCUT2D eigenvalue weighted by molar-refractivity contribution is 7.92. The highest BCUT2D eigenvalue weighted by atomic mass is 32.2. The molecule has 7 nitrogen and oxygen atoms in total. The van der Waals surface area contributed by atoms with Crippen molar-refractivity contribution in [1.29, 1.82) is 0 Å². The first-order valence-electron chi connectivity index (χ1n) is 9.31. The van der Waals surface area contributed by atoms with Crippen molar-refractivity contribution in [3.05, 3.63) is 54.1 Å². The quantitative estimate of drug-likeness (QED) is 0.597. The first-order valence-corrected chi connectivity index (χ1v) is 11.2. The van der Waals surface area contributed by atoms with Crippen LogP contribution < -0.4 is 19.1 Å². The van der Waals surface area contributed by atoms with Gasteiger partial charge in [0.15, 0.2) is 0 Å². The summed E-state index contributed by atoms with van der Waals surface area (Å²) in [4.78, 5) is 12.6. The minimum atomic E-state index is -3.65. The monoisotopic (exact) mass is 420 g/mol. The Bertz CT molecular complexity index is 913. The van der Waals surface area contributed by atoms with Gasteiger partial charge in [-0.25, -0.2) is 8.42 Å². The molecule has 29 heavy (non-hydrogen) atoms. The van der Waals surface area contributed by atoms with Gasteiger partial charge in [0.1, 0.15) is 17.5 Å². The number of hydrogen-bond acceptors (Lipinski definition) is 5. The molecule has 0 aliphatic rings. The molecular formula is C21H28N2O5S. The van der Waals surface area contributed by atoms with Crippen LogP contribution in [0, 0.1) is 0 Å². The molecule has 8 heteroatoms. The molecule has 1 N–H and O–H groups in total. The van der Waals surface area contributed by atoms with E-state index >= 15 is 0 Å². The first kappa shape index (κ1) is 22.5. The highest BCUT2D eigenvalue weighted by Gasteiger charge is 2.28. The Hall–Kier alpha value is -2.74. The minimum absolute atomic E-state index is 0.355. The largest absolute Gasteiger partial charge is 0.497 e. The number of carbonyl (C=O) groups excluding carboxylic acids is 1. The van der Waals surface area contributed by atoms with E-state index in [1.54, 1.807) is 38.3 Å². The van der Waals surface area contributed by atoms with Gasteiger partial charge in [0.25, 0.3) is 0 Å². The lowest BCUT2D eigenvalue weighted by Crippen LogP contribution is -2.48. The van der Waals surface area contributed by atoms with Crippen LogP contribution in [0.15, 0.2) is 48.5 Å². The third kappa shape index (κ3) is 6.12. The van der Waals surface area contributed by atoms with Crippen LogP contribution in [-0.2, 0) is 21.2 Å². The van der Waals surface area contributed by atoms with Gasteiger partial charge in [-0.2, -0.15) is 0 Å². The minimum Gasteiger partial charge on any atom is -0.497 e. The smallest absolute Gasteiger partial charge is 0.243 e. The molecule has 1 unspecified atom stereocenters. The number of anilines is 1. The van der Waals surface area contributed by atoms with E-state index < -0.39 is 16.1 Å². The van der Waals surface area contributed by atoms with Gasteiger partial charge in [0.05, 0.1) is 26.2 Å². The van der Waals surface area contributed by atoms with Crippen LogP contribution >= 0.6 is 0 Å². The van der Waals surface area contributed by atoms with Gasteiger partial charge in [-0.1, -0.05) is 18.2 Å². The third-order valence-electron chi connectivity index (χ3n) is 4.53. The predicted octanol–water partition coefficient (Wildman–Crippen LogP) is 2.61. The van der Waals surface area contributed by atoms with Crippen LogP contribution in [0.2, 0.25) is 0 Å². The van der Waals surface area contributed by atoms with E-state index in [9.17, 15) is 13.2 Å². The van der Waals surface area contributed by atoms with Gasteiger partial charge in [-0.3, -0.25) is 9.10 Å². The second kappa shape index (κ2) is 10.2. The fraction of sp³-hybridized carbons (Fsp3) is 0.381. The zero-order valence-electron chi connectivity index (χ0n) is 17.2. The Kier molecular flexibility index (Phi) is 7.90. The maximum Gasteiger partial charge on any atom is 0.243 e. The number of benzene rings is 2. The number of methoxy groups -OCH3 is 2. The molecule has 0 heterocycles. The molecule has 0 aliphatic heterocycles. The van der Waals surface area contributed by atoms with Gasteiger partial charge in [-0.15, -0.1) is 0 Å². The summed E-state index contributed by atoms with van der Waals surface area (Å²) in [5.41, 5.74) is 1.47. The summed E-state index contributed by atoms with van der Waals surface area (Å²) in [6.07, 6.45) is 2.54. The molecule has 1 atom stereocenters. The fourth-order valence-electron chi connectivity index (χ4n) is 3.09. The molecule has 0 spiro atoms. The van der Waals surface area contributed by atoms with E-state index in [0.29, 0.717) is 24.4 Å². The van der Waals surface area contributed by atoms with Gasteiger partial charge >= 0.3 is 0 Å². The van der Waals surface area contributed by atoms with Crippen LogP contribution in [0.4, 0.5) is 5.69 Å². The number of ether oxygens (including phenoxy) is 2. The van der Waals surface area contributed by atoms with Gasteiger partial charge in [-0.05, 0) is 55.7 Å². The Morgan fingerprint density at radius 3 is 2.31 bits per heavy atom. The van der Waals surface area contributed by atoms with E-state index in [1.807, 2.05) is 24.3 Å². The Labute approximate surface area is 172 Å². The van der Waals surface area contributed by atoms with Crippen LogP contribution in [0.25, 0.3) is 0 Å². The summed E-state index contributed by atoms with van der Waals surface area (Å²) in [5, 5.41) is 2.82. The SMILES string of the molecule is COc1ccc(N(C(C)C(=O)NCCCc2ccccc2OC)S(C)(=O)=O)cc1. The number of sulfonamides is 1. The fourth-order valence-corrected chi connectivity index (χ4v) is 4.26. The molecule has 0 aromatic heterocycles. The molecule has 2 rings (SSSR count). The summed E-state index contributed by atoms with van der Waals surface area (Å²) in [5.74, 6) is 1.07. The maximum absolute atomic E-state index is 12.6. The topological polar surface area (TPSA) is 84.9 Å². The van der Waals surface area contributed by atoms with Gasteiger partial charge < -0.3 is 14.8 Å². The predicted molar refractivity (Wildman–Crippen MR) is 114 cm³/mol. The molecule has 0 fully saturated rings. The Morgan fingerprint density at radius 2 is 1.72 bits per heavy atom. The third-order valence-corrected chi connectivity index (χ3v) is 5.77. The van der Waals surface area contributed by atoms with E-state index in [1.165, 1.54) is 7.11 Å². The van der Waals surface area contributed by atoms with Crippen LogP contribution in [0.1, 0.15) is 18.9 Å². The summed E-state index contributed by atoms with van der Waals surface area (Å²) in [6.45, 7) is 2.00. The molecule has 1 amide bonds. The number of rotatable bonds is 10. The molecule has 0 radical (unpaired) electrons. The van der Waals surface area contributed by atoms with E-state index in [0.717, 1.165) is 28.3 Å². The van der Waals surface area contributed by atoms with E-state index in [-0.39, 0.29) is 5.91 Å². The second-order valence-electron chi connectivity index (χ2n) is 6.64. The van der Waals surface area contributed by atoms with Crippen LogP contribution in [0.3, 0.4) is 0 Å². The van der Waals surface area contributed by atoms with Gasteiger partial charge in [0.2, 0.25) is 15.9 Å². The number of para-hydroxylation sites is 1. The summed E-state index contributed by atoms with van der Waals surface area (Å²) in [7, 11) is -0.491. The molecule has 0 saturated heterocycles. The Morgan fingerprint density at radius 1 is 1.07 bits per heavy atom. The second-order valence-corrected chi connectivity index (χ2v) is 8.50. The average Bonchev–Trinajstić information content (AvgIpc) is 2.70. The molecule has 0 aliphatic carbocycles. The van der Waals surface area contributed by atoms with Crippen molar-refractivity contribution >= 4 is 21.6 Å². The number of hydrogen-bond donors (Lipinski definition) is 1. The summed E-state index contributed by atoms with van der Waals surface area (Å²) < 4.78 is 36.2. The lowest BCUT2D eigenvalue weighted by molar-refractivity contribution is -0.121. The first-order chi connectivity index (χ1) is 13.8. The van der Waals surface area contributed by atoms with Crippen molar-refractivity contribution in [3.8, 4) is 11.5 Å². The summed E-state index contributed by atoms with van der Waals surface area (Å²) in [6, 6.07) is 13.4. The number of aryl methyl sites for hydroxylation is 1. The van der Waals surface area contributed by atoms with Gasteiger partial charge in [0, 0.05) is 6.54 Å². The van der Waals surface area contributed by atoms with Crippen molar-refractivity contribution in [2.45, 2.75) is 25.8 Å². The van der Waals surface area contributed by atoms with E-state index in [2.05, 4.69) is 5.32 Å².